The molecule has 1 aromatic carbocycles. The average molecular weight is 384 g/mol. The Labute approximate surface area is 140 Å². The van der Waals surface area contributed by atoms with Crippen molar-refractivity contribution in [2.24, 2.45) is 0 Å². The maximum absolute atomic E-state index is 11.9. The summed E-state index contributed by atoms with van der Waals surface area (Å²) >= 11 is 4.53. The van der Waals surface area contributed by atoms with Crippen LogP contribution in [0.25, 0.3) is 0 Å². The van der Waals surface area contributed by atoms with Gasteiger partial charge in [-0.3, -0.25) is 20.4 Å². The fraction of sp³-hybridized carbons (Fsp3) is 0.231. The van der Waals surface area contributed by atoms with Crippen LogP contribution in [0.5, 0.6) is 0 Å². The maximum Gasteiger partial charge on any atom is 0.270 e. The minimum atomic E-state index is -0.387. The normalized spacial score (nSPS) is 10.3. The van der Waals surface area contributed by atoms with Gasteiger partial charge in [-0.25, -0.2) is 0 Å². The van der Waals surface area contributed by atoms with Crippen molar-refractivity contribution in [3.05, 3.63) is 40.6 Å². The number of carbonyl (C=O) groups excluding carboxylic acids is 2. The Bertz CT molecular complexity index is 676. The first-order valence-corrected chi connectivity index (χ1v) is 8.24. The number of nitrogens with zero attached hydrogens (tertiary/aromatic N) is 3. The van der Waals surface area contributed by atoms with Crippen LogP contribution >= 0.6 is 27.7 Å². The number of halogens is 1. The molecule has 2 amide bonds. The Morgan fingerprint density at radius 2 is 2.09 bits per heavy atom. The Balaban J connectivity index is 1.81. The van der Waals surface area contributed by atoms with E-state index in [0.29, 0.717) is 15.2 Å². The predicted molar refractivity (Wildman–Crippen MR) is 86.2 cm³/mol. The van der Waals surface area contributed by atoms with Gasteiger partial charge in [0.05, 0.1) is 11.3 Å². The molecular weight excluding hydrogens is 370 g/mol. The van der Waals surface area contributed by atoms with Crippen molar-refractivity contribution in [1.82, 2.24) is 25.6 Å². The molecule has 9 heteroatoms. The van der Waals surface area contributed by atoms with E-state index >= 15 is 0 Å². The minimum absolute atomic E-state index is 0.134. The van der Waals surface area contributed by atoms with Crippen LogP contribution in [-0.2, 0) is 11.3 Å². The number of thioether (sulfide) groups is 1. The van der Waals surface area contributed by atoms with Crippen molar-refractivity contribution < 1.29 is 9.59 Å². The molecule has 116 valence electrons. The number of hydrogen-bond donors (Lipinski definition) is 2. The van der Waals surface area contributed by atoms with E-state index in [1.807, 2.05) is 11.5 Å². The molecule has 7 nitrogen and oxygen atoms in total. The summed E-state index contributed by atoms with van der Waals surface area (Å²) in [6.07, 6.45) is 1.61. The van der Waals surface area contributed by atoms with Crippen LogP contribution in [0.1, 0.15) is 17.3 Å². The van der Waals surface area contributed by atoms with Gasteiger partial charge in [0.2, 0.25) is 5.91 Å². The predicted octanol–water partition coefficient (Wildman–Crippen LogP) is 1.61. The summed E-state index contributed by atoms with van der Waals surface area (Å²) in [5.41, 5.74) is 5.19. The Kier molecular flexibility index (Phi) is 5.96. The van der Waals surface area contributed by atoms with E-state index in [9.17, 15) is 9.59 Å². The number of aromatic nitrogens is 3. The van der Waals surface area contributed by atoms with Crippen molar-refractivity contribution >= 4 is 39.5 Å². The summed E-state index contributed by atoms with van der Waals surface area (Å²) < 4.78 is 2.49. The molecule has 2 N–H and O–H groups in total. The van der Waals surface area contributed by atoms with E-state index in [4.69, 9.17) is 0 Å². The van der Waals surface area contributed by atoms with Gasteiger partial charge < -0.3 is 4.57 Å². The largest absolute Gasteiger partial charge is 0.309 e. The fourth-order valence-corrected chi connectivity index (χ4v) is 2.82. The van der Waals surface area contributed by atoms with Gasteiger partial charge in [0.15, 0.2) is 5.16 Å². The minimum Gasteiger partial charge on any atom is -0.309 e. The third-order valence-corrected chi connectivity index (χ3v) is 4.36. The molecule has 22 heavy (non-hydrogen) atoms. The number of hydrazine groups is 1. The smallest absolute Gasteiger partial charge is 0.270 e. The van der Waals surface area contributed by atoms with Gasteiger partial charge >= 0.3 is 0 Å². The van der Waals surface area contributed by atoms with Gasteiger partial charge in [-0.2, -0.15) is 0 Å². The summed E-state index contributed by atoms with van der Waals surface area (Å²) in [7, 11) is 0. The van der Waals surface area contributed by atoms with Crippen LogP contribution < -0.4 is 10.9 Å². The highest BCUT2D eigenvalue weighted by Crippen LogP contribution is 2.15. The summed E-state index contributed by atoms with van der Waals surface area (Å²) in [5.74, 6) is -0.576. The lowest BCUT2D eigenvalue weighted by atomic mass is 10.2. The first-order valence-electron chi connectivity index (χ1n) is 6.46. The van der Waals surface area contributed by atoms with E-state index in [1.165, 1.54) is 11.8 Å². The summed E-state index contributed by atoms with van der Waals surface area (Å²) in [6.45, 7) is 2.70. The highest BCUT2D eigenvalue weighted by atomic mass is 79.9. The topological polar surface area (TPSA) is 88.9 Å². The Hall–Kier alpha value is -1.87. The lowest BCUT2D eigenvalue weighted by molar-refractivity contribution is -0.119. The summed E-state index contributed by atoms with van der Waals surface area (Å²) in [5, 5.41) is 8.36. The quantitative estimate of drug-likeness (QED) is 0.604. The first-order chi connectivity index (χ1) is 10.6. The van der Waals surface area contributed by atoms with Crippen molar-refractivity contribution in [2.45, 2.75) is 18.6 Å². The second-order valence-electron chi connectivity index (χ2n) is 4.17. The lowest BCUT2D eigenvalue weighted by Gasteiger charge is -2.08. The highest BCUT2D eigenvalue weighted by molar-refractivity contribution is 9.10. The standard InChI is InChI=1S/C13H14BrN5O2S/c1-2-19-8-15-18-13(19)22-7-11(20)16-17-12(21)9-5-3-4-6-10(9)14/h3-6,8H,2,7H2,1H3,(H,16,20)(H,17,21). The number of amides is 2. The number of benzene rings is 1. The maximum atomic E-state index is 11.9. The monoisotopic (exact) mass is 383 g/mol. The average Bonchev–Trinajstić information content (AvgIpc) is 2.98. The highest BCUT2D eigenvalue weighted by Gasteiger charge is 2.11. The number of hydrogen-bond acceptors (Lipinski definition) is 5. The van der Waals surface area contributed by atoms with Crippen LogP contribution in [0, 0.1) is 0 Å². The number of rotatable bonds is 5. The fourth-order valence-electron chi connectivity index (χ4n) is 1.58. The number of carbonyl (C=O) groups is 2. The van der Waals surface area contributed by atoms with Gasteiger partial charge in [0.1, 0.15) is 6.33 Å². The van der Waals surface area contributed by atoms with Crippen molar-refractivity contribution in [3.63, 3.8) is 0 Å². The lowest BCUT2D eigenvalue weighted by Crippen LogP contribution is -2.42. The molecule has 0 aliphatic rings. The molecule has 0 fully saturated rings. The molecular formula is C13H14BrN5O2S. The zero-order valence-corrected chi connectivity index (χ0v) is 14.1. The molecule has 0 saturated heterocycles. The third kappa shape index (κ3) is 4.31. The Morgan fingerprint density at radius 3 is 2.82 bits per heavy atom. The van der Waals surface area contributed by atoms with E-state index in [1.54, 1.807) is 30.6 Å². The van der Waals surface area contributed by atoms with Crippen LogP contribution in [0.15, 0.2) is 40.2 Å². The van der Waals surface area contributed by atoms with Crippen molar-refractivity contribution in [2.75, 3.05) is 5.75 Å². The van der Waals surface area contributed by atoms with E-state index in [0.717, 1.165) is 6.54 Å². The molecule has 0 saturated carbocycles. The van der Waals surface area contributed by atoms with Crippen LogP contribution in [0.4, 0.5) is 0 Å². The molecule has 2 rings (SSSR count). The molecule has 0 bridgehead atoms. The molecule has 1 heterocycles. The van der Waals surface area contributed by atoms with Crippen LogP contribution in [0.2, 0.25) is 0 Å². The SMILES string of the molecule is CCn1cnnc1SCC(=O)NNC(=O)c1ccccc1Br. The molecule has 0 aliphatic heterocycles. The van der Waals surface area contributed by atoms with Gasteiger partial charge in [0, 0.05) is 11.0 Å². The van der Waals surface area contributed by atoms with Gasteiger partial charge in [-0.05, 0) is 35.0 Å². The van der Waals surface area contributed by atoms with Gasteiger partial charge in [-0.15, -0.1) is 10.2 Å². The summed E-state index contributed by atoms with van der Waals surface area (Å²) in [4.78, 5) is 23.7. The zero-order valence-electron chi connectivity index (χ0n) is 11.7. The number of nitrogens with one attached hydrogen (secondary N) is 2. The second kappa shape index (κ2) is 7.95. The van der Waals surface area contributed by atoms with Crippen molar-refractivity contribution in [3.8, 4) is 0 Å². The number of aryl methyl sites for hydroxylation is 1. The second-order valence-corrected chi connectivity index (χ2v) is 5.97. The van der Waals surface area contributed by atoms with Crippen molar-refractivity contribution in [1.29, 1.82) is 0 Å². The van der Waals surface area contributed by atoms with Crippen LogP contribution in [0.3, 0.4) is 0 Å². The molecule has 1 aromatic heterocycles. The van der Waals surface area contributed by atoms with Gasteiger partial charge in [-0.1, -0.05) is 23.9 Å². The van der Waals surface area contributed by atoms with Crippen LogP contribution in [-0.4, -0.2) is 32.3 Å². The van der Waals surface area contributed by atoms with E-state index < -0.39 is 0 Å². The molecule has 2 aromatic rings. The zero-order chi connectivity index (χ0) is 15.9. The van der Waals surface area contributed by atoms with Gasteiger partial charge in [0.25, 0.3) is 5.91 Å². The van der Waals surface area contributed by atoms with E-state index in [2.05, 4.69) is 37.0 Å². The molecule has 0 unspecified atom stereocenters. The Morgan fingerprint density at radius 1 is 1.32 bits per heavy atom. The molecule has 0 atom stereocenters. The van der Waals surface area contributed by atoms with E-state index in [-0.39, 0.29) is 17.6 Å². The molecule has 0 aliphatic carbocycles. The summed E-state index contributed by atoms with van der Waals surface area (Å²) in [6, 6.07) is 6.96. The first kappa shape index (κ1) is 16.5. The molecule has 0 spiro atoms. The third-order valence-electron chi connectivity index (χ3n) is 2.69. The molecule has 0 radical (unpaired) electrons.